The van der Waals surface area contributed by atoms with E-state index in [9.17, 15) is 0 Å². The Morgan fingerprint density at radius 3 is 2.57 bits per heavy atom. The van der Waals surface area contributed by atoms with Crippen molar-refractivity contribution in [1.82, 2.24) is 5.32 Å². The van der Waals surface area contributed by atoms with Gasteiger partial charge in [0.2, 0.25) is 0 Å². The predicted molar refractivity (Wildman–Crippen MR) is 58.1 cm³/mol. The topological polar surface area (TPSA) is 24.6 Å². The Hall–Kier alpha value is -0.0800. The van der Waals surface area contributed by atoms with Gasteiger partial charge in [0, 0.05) is 6.04 Å². The van der Waals surface area contributed by atoms with Gasteiger partial charge in [-0.1, -0.05) is 26.2 Å². The van der Waals surface area contributed by atoms with Crippen LogP contribution in [-0.2, 0) is 4.74 Å². The Morgan fingerprint density at radius 1 is 1.29 bits per heavy atom. The minimum Gasteiger partial charge on any atom is -0.353 e. The second kappa shape index (κ2) is 4.63. The first-order chi connectivity index (χ1) is 6.81. The summed E-state index contributed by atoms with van der Waals surface area (Å²) in [5.74, 6) is 0.894. The van der Waals surface area contributed by atoms with Gasteiger partial charge in [-0.15, -0.1) is 0 Å². The normalized spacial score (nSPS) is 35.6. The average Bonchev–Trinajstić information content (AvgIpc) is 2.98. The van der Waals surface area contributed by atoms with Crippen LogP contribution < -0.4 is 5.32 Å². The van der Waals surface area contributed by atoms with Crippen LogP contribution in [0.5, 0.6) is 0 Å². The smallest absolute Gasteiger partial charge is 0.135 e. The van der Waals surface area contributed by atoms with E-state index < -0.39 is 0 Å². The number of epoxide rings is 1. The van der Waals surface area contributed by atoms with E-state index in [0.29, 0.717) is 18.4 Å². The summed E-state index contributed by atoms with van der Waals surface area (Å²) in [6.07, 6.45) is 9.15. The van der Waals surface area contributed by atoms with Crippen LogP contribution in [0.2, 0.25) is 0 Å². The molecule has 1 N–H and O–H groups in total. The molecule has 1 heterocycles. The standard InChI is InChI=1S/C12H23NO/c1-3-11-12(14-11)13-9(2)10-7-5-4-6-8-10/h9-13H,3-8H2,1-2H3. The number of hydrogen-bond donors (Lipinski definition) is 1. The molecule has 2 rings (SSSR count). The van der Waals surface area contributed by atoms with Crippen LogP contribution in [0.1, 0.15) is 52.4 Å². The Bertz CT molecular complexity index is 177. The fourth-order valence-electron chi connectivity index (χ4n) is 2.63. The molecule has 1 aliphatic heterocycles. The van der Waals surface area contributed by atoms with E-state index in [1.807, 2.05) is 0 Å². The van der Waals surface area contributed by atoms with Crippen molar-refractivity contribution in [2.75, 3.05) is 0 Å². The maximum atomic E-state index is 5.52. The Kier molecular flexibility index (Phi) is 3.45. The Balaban J connectivity index is 1.69. The first-order valence-electron chi connectivity index (χ1n) is 6.22. The molecule has 2 aliphatic rings. The fraction of sp³-hybridized carbons (Fsp3) is 1.00. The summed E-state index contributed by atoms with van der Waals surface area (Å²) in [7, 11) is 0. The van der Waals surface area contributed by atoms with Crippen molar-refractivity contribution >= 4 is 0 Å². The maximum Gasteiger partial charge on any atom is 0.135 e. The highest BCUT2D eigenvalue weighted by Crippen LogP contribution is 2.29. The lowest BCUT2D eigenvalue weighted by molar-refractivity contribution is 0.249. The molecule has 3 unspecified atom stereocenters. The van der Waals surface area contributed by atoms with Crippen LogP contribution in [0.3, 0.4) is 0 Å². The molecule has 2 fully saturated rings. The van der Waals surface area contributed by atoms with Crippen molar-refractivity contribution in [1.29, 1.82) is 0 Å². The highest BCUT2D eigenvalue weighted by molar-refractivity contribution is 4.86. The van der Waals surface area contributed by atoms with Crippen LogP contribution in [0.25, 0.3) is 0 Å². The molecular weight excluding hydrogens is 174 g/mol. The van der Waals surface area contributed by atoms with Gasteiger partial charge < -0.3 is 4.74 Å². The summed E-state index contributed by atoms with van der Waals surface area (Å²) in [5.41, 5.74) is 0. The lowest BCUT2D eigenvalue weighted by Gasteiger charge is -2.27. The summed E-state index contributed by atoms with van der Waals surface area (Å²) in [6.45, 7) is 4.52. The summed E-state index contributed by atoms with van der Waals surface area (Å²) in [5, 5.41) is 3.60. The summed E-state index contributed by atoms with van der Waals surface area (Å²) >= 11 is 0. The zero-order valence-corrected chi connectivity index (χ0v) is 9.46. The summed E-state index contributed by atoms with van der Waals surface area (Å²) in [6, 6.07) is 0.650. The molecule has 14 heavy (non-hydrogen) atoms. The van der Waals surface area contributed by atoms with E-state index in [-0.39, 0.29) is 0 Å². The molecular formula is C12H23NO. The molecule has 2 heteroatoms. The van der Waals surface area contributed by atoms with Crippen molar-refractivity contribution in [3.05, 3.63) is 0 Å². The SMILES string of the molecule is CCC1OC1NC(C)C1CCCCC1. The Labute approximate surface area is 87.4 Å². The van der Waals surface area contributed by atoms with Crippen molar-refractivity contribution in [3.8, 4) is 0 Å². The van der Waals surface area contributed by atoms with Crippen LogP contribution in [0.15, 0.2) is 0 Å². The zero-order chi connectivity index (χ0) is 9.97. The van der Waals surface area contributed by atoms with Crippen molar-refractivity contribution in [3.63, 3.8) is 0 Å². The largest absolute Gasteiger partial charge is 0.353 e. The third-order valence-corrected chi connectivity index (χ3v) is 3.77. The van der Waals surface area contributed by atoms with Gasteiger partial charge >= 0.3 is 0 Å². The van der Waals surface area contributed by atoms with Gasteiger partial charge in [0.25, 0.3) is 0 Å². The summed E-state index contributed by atoms with van der Waals surface area (Å²) < 4.78 is 5.52. The van der Waals surface area contributed by atoms with Crippen molar-refractivity contribution in [2.45, 2.75) is 70.7 Å². The van der Waals surface area contributed by atoms with Gasteiger partial charge in [-0.3, -0.25) is 5.32 Å². The molecule has 0 amide bonds. The molecule has 1 aliphatic carbocycles. The molecule has 82 valence electrons. The molecule has 0 aromatic rings. The van der Waals surface area contributed by atoms with Gasteiger partial charge in [0.15, 0.2) is 0 Å². The van der Waals surface area contributed by atoms with Crippen LogP contribution in [-0.4, -0.2) is 18.4 Å². The minimum absolute atomic E-state index is 0.372. The van der Waals surface area contributed by atoms with Gasteiger partial charge in [-0.2, -0.15) is 0 Å². The average molecular weight is 197 g/mol. The van der Waals surface area contributed by atoms with Crippen LogP contribution in [0.4, 0.5) is 0 Å². The molecule has 0 bridgehead atoms. The maximum absolute atomic E-state index is 5.52. The third-order valence-electron chi connectivity index (χ3n) is 3.77. The van der Waals surface area contributed by atoms with Gasteiger partial charge in [0.05, 0.1) is 6.10 Å². The van der Waals surface area contributed by atoms with E-state index in [4.69, 9.17) is 4.74 Å². The first kappa shape index (κ1) is 10.4. The van der Waals surface area contributed by atoms with E-state index in [2.05, 4.69) is 19.2 Å². The Morgan fingerprint density at radius 2 is 2.00 bits per heavy atom. The molecule has 1 saturated carbocycles. The fourth-order valence-corrected chi connectivity index (χ4v) is 2.63. The first-order valence-corrected chi connectivity index (χ1v) is 6.22. The quantitative estimate of drug-likeness (QED) is 0.701. The summed E-state index contributed by atoms with van der Waals surface area (Å²) in [4.78, 5) is 0. The van der Waals surface area contributed by atoms with Crippen molar-refractivity contribution in [2.24, 2.45) is 5.92 Å². The van der Waals surface area contributed by atoms with E-state index in [1.165, 1.54) is 32.1 Å². The molecule has 0 spiro atoms. The molecule has 2 nitrogen and oxygen atoms in total. The number of rotatable bonds is 4. The van der Waals surface area contributed by atoms with E-state index >= 15 is 0 Å². The van der Waals surface area contributed by atoms with Gasteiger partial charge in [-0.25, -0.2) is 0 Å². The molecule has 1 saturated heterocycles. The second-order valence-electron chi connectivity index (χ2n) is 4.86. The molecule has 0 aromatic heterocycles. The van der Waals surface area contributed by atoms with Crippen LogP contribution in [0, 0.1) is 5.92 Å². The van der Waals surface area contributed by atoms with E-state index in [0.717, 1.165) is 12.3 Å². The highest BCUT2D eigenvalue weighted by Gasteiger charge is 2.38. The third kappa shape index (κ3) is 2.48. The lowest BCUT2D eigenvalue weighted by atomic mass is 9.84. The molecule has 0 radical (unpaired) electrons. The van der Waals surface area contributed by atoms with E-state index in [1.54, 1.807) is 0 Å². The predicted octanol–water partition coefficient (Wildman–Crippen LogP) is 2.68. The van der Waals surface area contributed by atoms with Crippen molar-refractivity contribution < 1.29 is 4.74 Å². The molecule has 0 aromatic carbocycles. The minimum atomic E-state index is 0.372. The van der Waals surface area contributed by atoms with Crippen LogP contribution >= 0.6 is 0 Å². The highest BCUT2D eigenvalue weighted by atomic mass is 16.6. The molecule has 3 atom stereocenters. The zero-order valence-electron chi connectivity index (χ0n) is 9.46. The monoisotopic (exact) mass is 197 g/mol. The number of hydrogen-bond acceptors (Lipinski definition) is 2. The second-order valence-corrected chi connectivity index (χ2v) is 4.86. The van der Waals surface area contributed by atoms with Gasteiger partial charge in [-0.05, 0) is 32.1 Å². The lowest BCUT2D eigenvalue weighted by Crippen LogP contribution is -2.37. The van der Waals surface area contributed by atoms with Gasteiger partial charge in [0.1, 0.15) is 6.23 Å². The number of ether oxygens (including phenoxy) is 1. The number of nitrogens with one attached hydrogen (secondary N) is 1.